The highest BCUT2D eigenvalue weighted by Crippen LogP contribution is 2.33. The molecule has 0 bridgehead atoms. The van der Waals surface area contributed by atoms with Gasteiger partial charge in [0, 0.05) is 31.9 Å². The molecule has 17 heavy (non-hydrogen) atoms. The van der Waals surface area contributed by atoms with E-state index in [1.165, 1.54) is 17.5 Å². The molecule has 1 heterocycles. The highest BCUT2D eigenvalue weighted by atomic mass is 15.1. The molecule has 1 aliphatic rings. The largest absolute Gasteiger partial charge is 0.337 e. The van der Waals surface area contributed by atoms with Gasteiger partial charge in [-0.1, -0.05) is 24.3 Å². The van der Waals surface area contributed by atoms with Crippen molar-refractivity contribution in [2.75, 3.05) is 6.54 Å². The lowest BCUT2D eigenvalue weighted by atomic mass is 9.78. The average molecular weight is 227 g/mol. The van der Waals surface area contributed by atoms with Gasteiger partial charge >= 0.3 is 0 Å². The molecule has 0 radical (unpaired) electrons. The van der Waals surface area contributed by atoms with E-state index in [9.17, 15) is 0 Å². The van der Waals surface area contributed by atoms with Crippen LogP contribution in [0.4, 0.5) is 0 Å². The van der Waals surface area contributed by atoms with Crippen molar-refractivity contribution in [2.24, 2.45) is 7.05 Å². The molecule has 0 amide bonds. The molecule has 1 aromatic heterocycles. The lowest BCUT2D eigenvalue weighted by Gasteiger charge is -2.30. The van der Waals surface area contributed by atoms with E-state index >= 15 is 0 Å². The van der Waals surface area contributed by atoms with Crippen molar-refractivity contribution in [3.63, 3.8) is 0 Å². The van der Waals surface area contributed by atoms with E-state index in [0.717, 1.165) is 18.9 Å². The topological polar surface area (TPSA) is 29.9 Å². The number of nitrogens with one attached hydrogen (secondary N) is 1. The molecule has 3 rings (SSSR count). The van der Waals surface area contributed by atoms with E-state index in [0.29, 0.717) is 5.92 Å². The molecule has 3 heteroatoms. The number of hydrogen-bond acceptors (Lipinski definition) is 2. The van der Waals surface area contributed by atoms with Crippen LogP contribution in [0.15, 0.2) is 36.7 Å². The van der Waals surface area contributed by atoms with E-state index in [1.54, 1.807) is 0 Å². The Morgan fingerprint density at radius 3 is 3.06 bits per heavy atom. The number of aromatic nitrogens is 2. The SMILES string of the molecule is Cn1ccnc1CNCC1Cc2ccccc21. The van der Waals surface area contributed by atoms with Crippen molar-refractivity contribution in [3.05, 3.63) is 53.6 Å². The molecule has 88 valence electrons. The zero-order valence-corrected chi connectivity index (χ0v) is 10.1. The Kier molecular flexibility index (Phi) is 2.69. The van der Waals surface area contributed by atoms with Gasteiger partial charge in [-0.05, 0) is 17.5 Å². The Balaban J connectivity index is 1.53. The maximum Gasteiger partial charge on any atom is 0.122 e. The fraction of sp³-hybridized carbons (Fsp3) is 0.357. The molecule has 0 aliphatic heterocycles. The standard InChI is InChI=1S/C14H17N3/c1-17-7-6-16-14(17)10-15-9-12-8-11-4-2-3-5-13(11)12/h2-7,12,15H,8-10H2,1H3. The van der Waals surface area contributed by atoms with Crippen molar-refractivity contribution in [2.45, 2.75) is 18.9 Å². The first-order chi connectivity index (χ1) is 8.34. The minimum atomic E-state index is 0.687. The second-order valence-electron chi connectivity index (χ2n) is 4.69. The molecule has 0 saturated carbocycles. The van der Waals surface area contributed by atoms with Gasteiger partial charge in [-0.3, -0.25) is 0 Å². The molecule has 1 unspecified atom stereocenters. The molecular weight excluding hydrogens is 210 g/mol. The third-order valence-corrected chi connectivity index (χ3v) is 3.56. The van der Waals surface area contributed by atoms with E-state index in [-0.39, 0.29) is 0 Å². The van der Waals surface area contributed by atoms with E-state index in [2.05, 4.69) is 39.1 Å². The smallest absolute Gasteiger partial charge is 0.122 e. The minimum absolute atomic E-state index is 0.687. The van der Waals surface area contributed by atoms with Crippen molar-refractivity contribution >= 4 is 0 Å². The van der Waals surface area contributed by atoms with Crippen LogP contribution in [0, 0.1) is 0 Å². The highest BCUT2D eigenvalue weighted by Gasteiger charge is 2.24. The van der Waals surface area contributed by atoms with Gasteiger partial charge in [-0.25, -0.2) is 4.98 Å². The predicted octanol–water partition coefficient (Wildman–Crippen LogP) is 1.85. The minimum Gasteiger partial charge on any atom is -0.337 e. The number of benzene rings is 1. The second-order valence-corrected chi connectivity index (χ2v) is 4.69. The van der Waals surface area contributed by atoms with Crippen LogP contribution >= 0.6 is 0 Å². The summed E-state index contributed by atoms with van der Waals surface area (Å²) in [6.45, 7) is 1.89. The first-order valence-corrected chi connectivity index (χ1v) is 6.09. The molecule has 0 saturated heterocycles. The van der Waals surface area contributed by atoms with Gasteiger partial charge in [0.2, 0.25) is 0 Å². The van der Waals surface area contributed by atoms with Gasteiger partial charge < -0.3 is 9.88 Å². The molecule has 1 N–H and O–H groups in total. The van der Waals surface area contributed by atoms with Gasteiger partial charge in [0.15, 0.2) is 0 Å². The third kappa shape index (κ3) is 1.98. The molecule has 3 nitrogen and oxygen atoms in total. The summed E-state index contributed by atoms with van der Waals surface area (Å²) >= 11 is 0. The van der Waals surface area contributed by atoms with Crippen LogP contribution in [-0.4, -0.2) is 16.1 Å². The van der Waals surface area contributed by atoms with Crippen molar-refractivity contribution in [1.29, 1.82) is 0 Å². The highest BCUT2D eigenvalue weighted by molar-refractivity contribution is 5.40. The summed E-state index contributed by atoms with van der Waals surface area (Å²) in [5.41, 5.74) is 3.02. The fourth-order valence-electron chi connectivity index (χ4n) is 2.47. The summed E-state index contributed by atoms with van der Waals surface area (Å²) in [7, 11) is 2.03. The van der Waals surface area contributed by atoms with E-state index in [4.69, 9.17) is 0 Å². The maximum atomic E-state index is 4.30. The maximum absolute atomic E-state index is 4.30. The Bertz CT molecular complexity index is 516. The summed E-state index contributed by atoms with van der Waals surface area (Å²) < 4.78 is 2.06. The van der Waals surface area contributed by atoms with Gasteiger partial charge in [0.1, 0.15) is 5.82 Å². The second kappa shape index (κ2) is 4.34. The van der Waals surface area contributed by atoms with Gasteiger partial charge in [-0.2, -0.15) is 0 Å². The number of fused-ring (bicyclic) bond motifs is 1. The summed E-state index contributed by atoms with van der Waals surface area (Å²) in [5, 5.41) is 3.49. The summed E-state index contributed by atoms with van der Waals surface area (Å²) in [6.07, 6.45) is 5.04. The molecule has 0 fully saturated rings. The third-order valence-electron chi connectivity index (χ3n) is 3.56. The Hall–Kier alpha value is -1.61. The van der Waals surface area contributed by atoms with Gasteiger partial charge in [0.25, 0.3) is 0 Å². The number of imidazole rings is 1. The number of hydrogen-bond donors (Lipinski definition) is 1. The monoisotopic (exact) mass is 227 g/mol. The predicted molar refractivity (Wildman–Crippen MR) is 67.8 cm³/mol. The quantitative estimate of drug-likeness (QED) is 0.864. The Morgan fingerprint density at radius 1 is 1.41 bits per heavy atom. The van der Waals surface area contributed by atoms with Crippen LogP contribution < -0.4 is 5.32 Å². The zero-order valence-electron chi connectivity index (χ0n) is 10.1. The lowest BCUT2D eigenvalue weighted by molar-refractivity contribution is 0.524. The van der Waals surface area contributed by atoms with E-state index in [1.807, 2.05) is 19.4 Å². The Morgan fingerprint density at radius 2 is 2.29 bits per heavy atom. The number of aryl methyl sites for hydroxylation is 1. The van der Waals surface area contributed by atoms with Gasteiger partial charge in [-0.15, -0.1) is 0 Å². The van der Waals surface area contributed by atoms with Crippen LogP contribution in [0.25, 0.3) is 0 Å². The fourth-order valence-corrected chi connectivity index (χ4v) is 2.47. The lowest BCUT2D eigenvalue weighted by Crippen LogP contribution is -2.29. The number of rotatable bonds is 4. The van der Waals surface area contributed by atoms with Gasteiger partial charge in [0.05, 0.1) is 6.54 Å². The van der Waals surface area contributed by atoms with Crippen LogP contribution in [0.1, 0.15) is 22.9 Å². The molecule has 1 aliphatic carbocycles. The Labute approximate surface area is 101 Å². The summed E-state index contributed by atoms with van der Waals surface area (Å²) in [4.78, 5) is 4.30. The van der Waals surface area contributed by atoms with Crippen LogP contribution in [0.2, 0.25) is 0 Å². The molecule has 0 spiro atoms. The molecule has 1 aromatic carbocycles. The van der Waals surface area contributed by atoms with E-state index < -0.39 is 0 Å². The zero-order chi connectivity index (χ0) is 11.7. The normalized spacial score (nSPS) is 17.6. The average Bonchev–Trinajstić information content (AvgIpc) is 2.71. The molecule has 1 atom stereocenters. The summed E-state index contributed by atoms with van der Waals surface area (Å²) in [5.74, 6) is 1.78. The summed E-state index contributed by atoms with van der Waals surface area (Å²) in [6, 6.07) is 8.72. The molecule has 2 aromatic rings. The van der Waals surface area contributed by atoms with Crippen LogP contribution in [-0.2, 0) is 20.0 Å². The van der Waals surface area contributed by atoms with Crippen molar-refractivity contribution < 1.29 is 0 Å². The van der Waals surface area contributed by atoms with Crippen LogP contribution in [0.3, 0.4) is 0 Å². The molecular formula is C14H17N3. The van der Waals surface area contributed by atoms with Crippen molar-refractivity contribution in [1.82, 2.24) is 14.9 Å². The first kappa shape index (κ1) is 10.5. The number of nitrogens with zero attached hydrogens (tertiary/aromatic N) is 2. The first-order valence-electron chi connectivity index (χ1n) is 6.09. The van der Waals surface area contributed by atoms with Crippen molar-refractivity contribution in [3.8, 4) is 0 Å². The van der Waals surface area contributed by atoms with Crippen LogP contribution in [0.5, 0.6) is 0 Å².